The number of hydrogen-bond acceptors (Lipinski definition) is 6. The van der Waals surface area contributed by atoms with E-state index in [2.05, 4.69) is 5.32 Å². The molecule has 0 atom stereocenters. The molecule has 34 heavy (non-hydrogen) atoms. The summed E-state index contributed by atoms with van der Waals surface area (Å²) in [4.78, 5) is 53.6. The summed E-state index contributed by atoms with van der Waals surface area (Å²) in [7, 11) is 0. The van der Waals surface area contributed by atoms with Crippen LogP contribution in [-0.4, -0.2) is 66.0 Å². The third kappa shape index (κ3) is 4.59. The lowest BCUT2D eigenvalue weighted by Gasteiger charge is -2.35. The van der Waals surface area contributed by atoms with E-state index in [1.54, 1.807) is 42.2 Å². The Kier molecular flexibility index (Phi) is 6.81. The maximum absolute atomic E-state index is 13.1. The molecule has 0 radical (unpaired) electrons. The first-order chi connectivity index (χ1) is 16.4. The Labute approximate surface area is 197 Å². The molecule has 2 aliphatic rings. The number of carbonyl (C=O) groups excluding carboxylic acids is 4. The van der Waals surface area contributed by atoms with Crippen LogP contribution in [0.25, 0.3) is 0 Å². The molecule has 1 fully saturated rings. The van der Waals surface area contributed by atoms with Gasteiger partial charge in [-0.25, -0.2) is 4.79 Å². The van der Waals surface area contributed by atoms with Crippen LogP contribution in [0.1, 0.15) is 57.8 Å². The molecular formula is C25H27N3O6. The molecule has 2 aromatic carbocycles. The molecule has 9 nitrogen and oxygen atoms in total. The van der Waals surface area contributed by atoms with Crippen LogP contribution in [0.15, 0.2) is 42.5 Å². The fourth-order valence-electron chi connectivity index (χ4n) is 4.26. The number of benzene rings is 2. The molecule has 2 heterocycles. The van der Waals surface area contributed by atoms with Gasteiger partial charge in [0.25, 0.3) is 17.7 Å². The van der Waals surface area contributed by atoms with E-state index in [0.29, 0.717) is 50.6 Å². The summed E-state index contributed by atoms with van der Waals surface area (Å²) in [6.45, 7) is 5.30. The van der Waals surface area contributed by atoms with Crippen molar-refractivity contribution in [1.82, 2.24) is 9.80 Å². The predicted octanol–water partition coefficient (Wildman–Crippen LogP) is 3.55. The van der Waals surface area contributed by atoms with Gasteiger partial charge in [0.1, 0.15) is 5.75 Å². The first kappa shape index (κ1) is 23.3. The summed E-state index contributed by atoms with van der Waals surface area (Å²) in [5.41, 5.74) is 1.38. The van der Waals surface area contributed by atoms with Crippen molar-refractivity contribution in [3.8, 4) is 5.75 Å². The van der Waals surface area contributed by atoms with Crippen molar-refractivity contribution in [2.75, 3.05) is 31.6 Å². The zero-order valence-corrected chi connectivity index (χ0v) is 19.2. The maximum atomic E-state index is 13.1. The molecular weight excluding hydrogens is 438 g/mol. The van der Waals surface area contributed by atoms with Crippen LogP contribution in [0.3, 0.4) is 0 Å². The zero-order chi connectivity index (χ0) is 24.2. The van der Waals surface area contributed by atoms with Gasteiger partial charge in [0.2, 0.25) is 0 Å². The molecule has 1 N–H and O–H groups in total. The minimum atomic E-state index is -0.412. The number of rotatable bonds is 6. The van der Waals surface area contributed by atoms with Gasteiger partial charge < -0.3 is 19.7 Å². The Bertz CT molecular complexity index is 1110. The average Bonchev–Trinajstić information content (AvgIpc) is 3.10. The number of likely N-dealkylation sites (tertiary alicyclic amines) is 1. The summed E-state index contributed by atoms with van der Waals surface area (Å²) in [5, 5.41) is 2.79. The van der Waals surface area contributed by atoms with E-state index in [9.17, 15) is 19.2 Å². The molecule has 9 heteroatoms. The fraction of sp³-hybridized carbons (Fsp3) is 0.360. The Morgan fingerprint density at radius 2 is 1.62 bits per heavy atom. The van der Waals surface area contributed by atoms with E-state index in [-0.39, 0.29) is 40.6 Å². The van der Waals surface area contributed by atoms with Gasteiger partial charge in [-0.3, -0.25) is 19.3 Å². The van der Waals surface area contributed by atoms with Crippen LogP contribution < -0.4 is 10.1 Å². The van der Waals surface area contributed by atoms with Crippen LogP contribution in [0.5, 0.6) is 5.75 Å². The molecule has 0 aromatic heterocycles. The maximum Gasteiger partial charge on any atom is 0.409 e. The van der Waals surface area contributed by atoms with Gasteiger partial charge >= 0.3 is 6.09 Å². The number of hydrogen-bond donors (Lipinski definition) is 1. The number of ether oxygens (including phenoxy) is 2. The first-order valence-electron chi connectivity index (χ1n) is 11.4. The summed E-state index contributed by atoms with van der Waals surface area (Å²) < 4.78 is 10.4. The molecule has 4 amide bonds. The van der Waals surface area contributed by atoms with E-state index in [4.69, 9.17) is 9.47 Å². The van der Waals surface area contributed by atoms with Gasteiger partial charge in [0.05, 0.1) is 24.3 Å². The number of nitrogens with zero attached hydrogens (tertiary/aromatic N) is 2. The molecule has 178 valence electrons. The van der Waals surface area contributed by atoms with Crippen LogP contribution >= 0.6 is 0 Å². The number of piperidine rings is 1. The zero-order valence-electron chi connectivity index (χ0n) is 19.2. The van der Waals surface area contributed by atoms with Gasteiger partial charge in [-0.05, 0) is 69.2 Å². The third-order valence-corrected chi connectivity index (χ3v) is 5.96. The largest absolute Gasteiger partial charge is 0.494 e. The average molecular weight is 466 g/mol. The van der Waals surface area contributed by atoms with Gasteiger partial charge in [0, 0.05) is 30.4 Å². The Hall–Kier alpha value is -3.88. The topological polar surface area (TPSA) is 105 Å². The van der Waals surface area contributed by atoms with Crippen molar-refractivity contribution in [2.45, 2.75) is 32.7 Å². The number of carbonyl (C=O) groups is 4. The molecule has 1 saturated heterocycles. The molecule has 2 aromatic rings. The van der Waals surface area contributed by atoms with E-state index < -0.39 is 5.91 Å². The third-order valence-electron chi connectivity index (χ3n) is 5.96. The van der Waals surface area contributed by atoms with Crippen LogP contribution in [0.2, 0.25) is 0 Å². The van der Waals surface area contributed by atoms with E-state index in [1.165, 1.54) is 17.0 Å². The van der Waals surface area contributed by atoms with Crippen LogP contribution in [-0.2, 0) is 4.74 Å². The van der Waals surface area contributed by atoms with Crippen molar-refractivity contribution in [2.24, 2.45) is 0 Å². The fourth-order valence-corrected chi connectivity index (χ4v) is 4.26. The SMILES string of the molecule is CCOC(=O)N1CCC(N2C(=O)c3ccc(C(=O)Nc4ccc(OCC)cc4)cc3C2=O)CC1. The molecule has 2 aliphatic heterocycles. The summed E-state index contributed by atoms with van der Waals surface area (Å²) in [6, 6.07) is 11.2. The van der Waals surface area contributed by atoms with Gasteiger partial charge in [-0.15, -0.1) is 0 Å². The summed E-state index contributed by atoms with van der Waals surface area (Å²) in [6.07, 6.45) is 0.580. The second-order valence-corrected chi connectivity index (χ2v) is 8.07. The van der Waals surface area contributed by atoms with Crippen molar-refractivity contribution in [1.29, 1.82) is 0 Å². The van der Waals surface area contributed by atoms with Gasteiger partial charge in [-0.1, -0.05) is 0 Å². The first-order valence-corrected chi connectivity index (χ1v) is 11.4. The highest BCUT2D eigenvalue weighted by molar-refractivity contribution is 6.22. The summed E-state index contributed by atoms with van der Waals surface area (Å²) in [5.74, 6) is -0.456. The lowest BCUT2D eigenvalue weighted by molar-refractivity contribution is 0.0485. The number of imide groups is 1. The summed E-state index contributed by atoms with van der Waals surface area (Å²) >= 11 is 0. The normalized spacial score (nSPS) is 15.8. The van der Waals surface area contributed by atoms with Crippen molar-refractivity contribution in [3.05, 3.63) is 59.2 Å². The van der Waals surface area contributed by atoms with Crippen molar-refractivity contribution in [3.63, 3.8) is 0 Å². The highest BCUT2D eigenvalue weighted by atomic mass is 16.6. The highest BCUT2D eigenvalue weighted by Gasteiger charge is 2.41. The molecule has 0 unspecified atom stereocenters. The lowest BCUT2D eigenvalue weighted by Crippen LogP contribution is -2.48. The van der Waals surface area contributed by atoms with Gasteiger partial charge in [-0.2, -0.15) is 0 Å². The predicted molar refractivity (Wildman–Crippen MR) is 124 cm³/mol. The number of anilines is 1. The minimum Gasteiger partial charge on any atom is -0.494 e. The van der Waals surface area contributed by atoms with Crippen molar-refractivity contribution >= 4 is 29.5 Å². The standard InChI is InChI=1S/C25H27N3O6/c1-3-33-19-8-6-17(7-9-19)26-22(29)16-5-10-20-21(15-16)24(31)28(23(20)30)18-11-13-27(14-12-18)25(32)34-4-2/h5-10,15,18H,3-4,11-14H2,1-2H3,(H,26,29). The van der Waals surface area contributed by atoms with Crippen molar-refractivity contribution < 1.29 is 28.7 Å². The number of fused-ring (bicyclic) bond motifs is 1. The second kappa shape index (κ2) is 9.94. The second-order valence-electron chi connectivity index (χ2n) is 8.07. The molecule has 4 rings (SSSR count). The minimum absolute atomic E-state index is 0.220. The quantitative estimate of drug-likeness (QED) is 0.654. The molecule has 0 spiro atoms. The van der Waals surface area contributed by atoms with E-state index in [1.807, 2.05) is 6.92 Å². The monoisotopic (exact) mass is 465 g/mol. The molecule has 0 aliphatic carbocycles. The van der Waals surface area contributed by atoms with E-state index in [0.717, 1.165) is 0 Å². The number of nitrogens with one attached hydrogen (secondary N) is 1. The lowest BCUT2D eigenvalue weighted by atomic mass is 10.0. The Balaban J connectivity index is 1.44. The Morgan fingerprint density at radius 1 is 0.941 bits per heavy atom. The van der Waals surface area contributed by atoms with Crippen LogP contribution in [0, 0.1) is 0 Å². The Morgan fingerprint density at radius 3 is 2.26 bits per heavy atom. The highest BCUT2D eigenvalue weighted by Crippen LogP contribution is 2.30. The number of amides is 4. The molecule has 0 bridgehead atoms. The smallest absolute Gasteiger partial charge is 0.409 e. The van der Waals surface area contributed by atoms with Crippen LogP contribution in [0.4, 0.5) is 10.5 Å². The van der Waals surface area contributed by atoms with Gasteiger partial charge in [0.15, 0.2) is 0 Å². The van der Waals surface area contributed by atoms with E-state index >= 15 is 0 Å². The molecule has 0 saturated carbocycles.